The van der Waals surface area contributed by atoms with Gasteiger partial charge < -0.3 is 10.2 Å². The Hall–Kier alpha value is -0.290. The maximum atomic E-state index is 13.6. The van der Waals surface area contributed by atoms with Crippen LogP contribution < -0.4 is 0 Å². The molecule has 34 heavy (non-hydrogen) atoms. The van der Waals surface area contributed by atoms with Gasteiger partial charge in [0.2, 0.25) is 0 Å². The average Bonchev–Trinajstić information content (AvgIpc) is 3.08. The molecule has 10 atom stereocenters. The number of hydrogen-bond acceptors (Lipinski definition) is 2. The molecule has 4 rings (SSSR count). The standard InChI is InChI=1S/C29H49F3O2/c1-18(7-12-24(33)25(2,3)4)21-10-11-22-20-9-8-19-17-28(34,29(30,31)32)16-15-26(19,5)23(20)13-14-27(21,22)6/h18-24,33-34H,7-17H2,1-6H3/t18-,19-,20+,21-,22+,23+,24-,26+,27-,28+/m1/s1. The Bertz CT molecular complexity index is 745. The Kier molecular flexibility index (Phi) is 6.80. The van der Waals surface area contributed by atoms with Gasteiger partial charge in [0, 0.05) is 0 Å². The molecule has 0 unspecified atom stereocenters. The molecule has 0 aromatic rings. The van der Waals surface area contributed by atoms with E-state index in [1.54, 1.807) is 0 Å². The van der Waals surface area contributed by atoms with Crippen LogP contribution in [-0.4, -0.2) is 28.1 Å². The van der Waals surface area contributed by atoms with Gasteiger partial charge in [-0.25, -0.2) is 0 Å². The summed E-state index contributed by atoms with van der Waals surface area (Å²) in [4.78, 5) is 0. The van der Waals surface area contributed by atoms with Crippen molar-refractivity contribution in [3.05, 3.63) is 0 Å². The zero-order chi connectivity index (χ0) is 25.3. The highest BCUT2D eigenvalue weighted by molar-refractivity contribution is 5.11. The Balaban J connectivity index is 1.46. The molecule has 5 heteroatoms. The first-order valence-electron chi connectivity index (χ1n) is 14.0. The molecular formula is C29H49F3O2. The molecule has 0 aromatic carbocycles. The molecule has 2 nitrogen and oxygen atoms in total. The third-order valence-electron chi connectivity index (χ3n) is 11.9. The van der Waals surface area contributed by atoms with Gasteiger partial charge in [0.05, 0.1) is 6.10 Å². The minimum Gasteiger partial charge on any atom is -0.393 e. The topological polar surface area (TPSA) is 40.5 Å². The number of halogens is 3. The summed E-state index contributed by atoms with van der Waals surface area (Å²) in [7, 11) is 0. The average molecular weight is 487 g/mol. The van der Waals surface area contributed by atoms with Gasteiger partial charge in [-0.1, -0.05) is 41.5 Å². The zero-order valence-electron chi connectivity index (χ0n) is 22.3. The van der Waals surface area contributed by atoms with E-state index in [0.717, 1.165) is 32.1 Å². The van der Waals surface area contributed by atoms with Crippen LogP contribution in [0.25, 0.3) is 0 Å². The number of aliphatic hydroxyl groups excluding tert-OH is 1. The van der Waals surface area contributed by atoms with Crippen molar-refractivity contribution >= 4 is 0 Å². The molecule has 0 heterocycles. The van der Waals surface area contributed by atoms with E-state index in [9.17, 15) is 23.4 Å². The highest BCUT2D eigenvalue weighted by Gasteiger charge is 2.65. The van der Waals surface area contributed by atoms with Crippen molar-refractivity contribution < 1.29 is 23.4 Å². The van der Waals surface area contributed by atoms with Crippen molar-refractivity contribution in [1.29, 1.82) is 0 Å². The summed E-state index contributed by atoms with van der Waals surface area (Å²) in [5.41, 5.74) is -2.31. The van der Waals surface area contributed by atoms with E-state index >= 15 is 0 Å². The summed E-state index contributed by atoms with van der Waals surface area (Å²) in [6, 6.07) is 0. The normalized spacial score (nSPS) is 46.9. The first kappa shape index (κ1) is 26.8. The largest absolute Gasteiger partial charge is 0.417 e. The third kappa shape index (κ3) is 4.27. The van der Waals surface area contributed by atoms with Gasteiger partial charge in [0.25, 0.3) is 0 Å². The van der Waals surface area contributed by atoms with E-state index in [1.807, 2.05) is 0 Å². The Morgan fingerprint density at radius 3 is 2.12 bits per heavy atom. The number of fused-ring (bicyclic) bond motifs is 5. The maximum absolute atomic E-state index is 13.6. The minimum absolute atomic E-state index is 0.0199. The second kappa shape index (κ2) is 8.64. The summed E-state index contributed by atoms with van der Waals surface area (Å²) in [6.07, 6.45) is 4.08. The third-order valence-corrected chi connectivity index (χ3v) is 11.9. The predicted octanol–water partition coefficient (Wildman–Crippen LogP) is 7.76. The molecule has 198 valence electrons. The van der Waals surface area contributed by atoms with E-state index in [1.165, 1.54) is 19.3 Å². The Morgan fingerprint density at radius 1 is 0.853 bits per heavy atom. The van der Waals surface area contributed by atoms with Gasteiger partial charge in [-0.15, -0.1) is 0 Å². The lowest BCUT2D eigenvalue weighted by atomic mass is 9.43. The van der Waals surface area contributed by atoms with Gasteiger partial charge in [-0.2, -0.15) is 13.2 Å². The van der Waals surface area contributed by atoms with Gasteiger partial charge in [-0.05, 0) is 122 Å². The fourth-order valence-corrected chi connectivity index (χ4v) is 9.53. The molecule has 4 saturated carbocycles. The molecule has 0 amide bonds. The number of alkyl halides is 3. The summed E-state index contributed by atoms with van der Waals surface area (Å²) >= 11 is 0. The van der Waals surface area contributed by atoms with Crippen molar-refractivity contribution in [3.63, 3.8) is 0 Å². The number of aliphatic hydroxyl groups is 2. The van der Waals surface area contributed by atoms with Gasteiger partial charge in [-0.3, -0.25) is 0 Å². The van der Waals surface area contributed by atoms with E-state index in [0.29, 0.717) is 41.4 Å². The molecule has 0 spiro atoms. The lowest BCUT2D eigenvalue weighted by molar-refractivity contribution is -0.290. The monoisotopic (exact) mass is 486 g/mol. The van der Waals surface area contributed by atoms with Crippen LogP contribution in [0.3, 0.4) is 0 Å². The van der Waals surface area contributed by atoms with E-state index in [4.69, 9.17) is 0 Å². The van der Waals surface area contributed by atoms with Crippen molar-refractivity contribution in [2.24, 2.45) is 51.8 Å². The van der Waals surface area contributed by atoms with Crippen LogP contribution in [-0.2, 0) is 0 Å². The van der Waals surface area contributed by atoms with Crippen LogP contribution in [0.15, 0.2) is 0 Å². The lowest BCUT2D eigenvalue weighted by Crippen LogP contribution is -2.59. The number of hydrogen-bond donors (Lipinski definition) is 2. The Morgan fingerprint density at radius 2 is 1.50 bits per heavy atom. The van der Waals surface area contributed by atoms with Gasteiger partial charge in [0.1, 0.15) is 0 Å². The highest BCUT2D eigenvalue weighted by atomic mass is 19.4. The molecule has 4 aliphatic rings. The predicted molar refractivity (Wildman–Crippen MR) is 130 cm³/mol. The van der Waals surface area contributed by atoms with Crippen LogP contribution in [0.2, 0.25) is 0 Å². The second-order valence-electron chi connectivity index (χ2n) is 14.6. The Labute approximate surface area is 205 Å². The van der Waals surface area contributed by atoms with Crippen LogP contribution in [0.4, 0.5) is 13.2 Å². The van der Waals surface area contributed by atoms with Crippen molar-refractivity contribution in [2.75, 3.05) is 0 Å². The van der Waals surface area contributed by atoms with Crippen LogP contribution >= 0.6 is 0 Å². The first-order chi connectivity index (χ1) is 15.5. The van der Waals surface area contributed by atoms with Crippen LogP contribution in [0, 0.1) is 51.8 Å². The molecular weight excluding hydrogens is 437 g/mol. The maximum Gasteiger partial charge on any atom is 0.417 e. The first-order valence-corrected chi connectivity index (χ1v) is 14.0. The van der Waals surface area contributed by atoms with Crippen molar-refractivity contribution in [2.45, 2.75) is 130 Å². The summed E-state index contributed by atoms with van der Waals surface area (Å²) < 4.78 is 40.8. The van der Waals surface area contributed by atoms with Crippen LogP contribution in [0.5, 0.6) is 0 Å². The molecule has 0 aromatic heterocycles. The fourth-order valence-electron chi connectivity index (χ4n) is 9.53. The van der Waals surface area contributed by atoms with E-state index < -0.39 is 11.8 Å². The lowest BCUT2D eigenvalue weighted by Gasteiger charge is -2.62. The zero-order valence-corrected chi connectivity index (χ0v) is 22.3. The summed E-state index contributed by atoms with van der Waals surface area (Å²) in [5.74, 6) is 3.04. The molecule has 0 saturated heterocycles. The molecule has 4 fully saturated rings. The van der Waals surface area contributed by atoms with Crippen LogP contribution in [0.1, 0.15) is 112 Å². The minimum atomic E-state index is -4.52. The second-order valence-corrected chi connectivity index (χ2v) is 14.6. The van der Waals surface area contributed by atoms with Crippen molar-refractivity contribution in [1.82, 2.24) is 0 Å². The van der Waals surface area contributed by atoms with Gasteiger partial charge in [0.15, 0.2) is 5.60 Å². The summed E-state index contributed by atoms with van der Waals surface area (Å²) in [6.45, 7) is 13.5. The molecule has 2 N–H and O–H groups in total. The molecule has 0 aliphatic heterocycles. The van der Waals surface area contributed by atoms with E-state index in [2.05, 4.69) is 41.5 Å². The number of rotatable bonds is 4. The smallest absolute Gasteiger partial charge is 0.393 e. The molecule has 4 aliphatic carbocycles. The fraction of sp³-hybridized carbons (Fsp3) is 1.00. The van der Waals surface area contributed by atoms with Crippen molar-refractivity contribution in [3.8, 4) is 0 Å². The quantitative estimate of drug-likeness (QED) is 0.426. The highest BCUT2D eigenvalue weighted by Crippen LogP contribution is 2.69. The SMILES string of the molecule is C[C@H](CC[C@@H](O)C(C)(C)C)[C@H]1CC[C@H]2[C@@H]3CC[C@@H]4C[C@](O)(C(F)(F)F)CC[C@]4(C)[C@H]3CC[C@]12C. The molecule has 0 radical (unpaired) electrons. The van der Waals surface area contributed by atoms with E-state index in [-0.39, 0.29) is 35.7 Å². The van der Waals surface area contributed by atoms with Gasteiger partial charge >= 0.3 is 6.18 Å². The summed E-state index contributed by atoms with van der Waals surface area (Å²) in [5, 5.41) is 21.0. The molecule has 0 bridgehead atoms.